The first-order valence-corrected chi connectivity index (χ1v) is 11.0. The van der Waals surface area contributed by atoms with Crippen molar-refractivity contribution in [3.05, 3.63) is 66.1 Å². The van der Waals surface area contributed by atoms with Crippen molar-refractivity contribution >= 4 is 21.7 Å². The Balaban J connectivity index is 1.39. The van der Waals surface area contributed by atoms with Crippen LogP contribution in [0.4, 0.5) is 4.39 Å². The number of nitrogens with one attached hydrogen (secondary N) is 2. The first kappa shape index (κ1) is 19.3. The van der Waals surface area contributed by atoms with E-state index in [2.05, 4.69) is 10.3 Å². The van der Waals surface area contributed by atoms with Crippen LogP contribution in [0.5, 0.6) is 0 Å². The third-order valence-electron chi connectivity index (χ3n) is 5.55. The first-order valence-electron chi connectivity index (χ1n) is 9.67. The zero-order valence-electron chi connectivity index (χ0n) is 15.7. The van der Waals surface area contributed by atoms with Crippen molar-refractivity contribution in [2.24, 2.45) is 0 Å². The molecule has 6 heteroatoms. The number of rotatable bonds is 6. The summed E-state index contributed by atoms with van der Waals surface area (Å²) in [6.45, 7) is 0.704. The van der Waals surface area contributed by atoms with Gasteiger partial charge in [0.15, 0.2) is 0 Å². The standard InChI is InChI=1S/C22H25FN2O2S/c23-17-7-9-21-20(12-17)16(14-25-21)6-8-18-13-22(26,10-11-24-18)15-28(27)19-4-2-1-3-5-19/h1-5,7,9,12,14,18,24-26H,6,8,10-11,13,15H2. The van der Waals surface area contributed by atoms with Gasteiger partial charge in [0, 0.05) is 28.0 Å². The number of aromatic amines is 1. The minimum absolute atomic E-state index is 0.144. The van der Waals surface area contributed by atoms with E-state index in [-0.39, 0.29) is 17.6 Å². The summed E-state index contributed by atoms with van der Waals surface area (Å²) in [6, 6.07) is 14.2. The number of H-pyrrole nitrogens is 1. The van der Waals surface area contributed by atoms with Crippen molar-refractivity contribution in [2.75, 3.05) is 12.3 Å². The van der Waals surface area contributed by atoms with Gasteiger partial charge in [-0.1, -0.05) is 18.2 Å². The topological polar surface area (TPSA) is 65.1 Å². The summed E-state index contributed by atoms with van der Waals surface area (Å²) in [7, 11) is -1.21. The second-order valence-electron chi connectivity index (χ2n) is 7.67. The lowest BCUT2D eigenvalue weighted by Crippen LogP contribution is -2.50. The molecule has 2 aromatic carbocycles. The SMILES string of the molecule is O=S(CC1(O)CCNC(CCc2c[nH]c3ccc(F)cc23)C1)c1ccccc1. The molecular weight excluding hydrogens is 375 g/mol. The lowest BCUT2D eigenvalue weighted by Gasteiger charge is -2.37. The highest BCUT2D eigenvalue weighted by Crippen LogP contribution is 2.28. The summed E-state index contributed by atoms with van der Waals surface area (Å²) in [5, 5.41) is 15.4. The quantitative estimate of drug-likeness (QED) is 0.593. The molecule has 4 nitrogen and oxygen atoms in total. The minimum atomic E-state index is -1.21. The molecule has 0 saturated carbocycles. The molecule has 1 saturated heterocycles. The predicted octanol–water partition coefficient (Wildman–Crippen LogP) is 3.53. The zero-order chi connectivity index (χ0) is 19.6. The Kier molecular flexibility index (Phi) is 5.62. The van der Waals surface area contributed by atoms with Crippen molar-refractivity contribution in [2.45, 2.75) is 42.2 Å². The van der Waals surface area contributed by atoms with Crippen molar-refractivity contribution in [1.29, 1.82) is 0 Å². The maximum atomic E-state index is 13.6. The van der Waals surface area contributed by atoms with Gasteiger partial charge in [0.1, 0.15) is 5.82 Å². The van der Waals surface area contributed by atoms with Crippen LogP contribution in [0.1, 0.15) is 24.8 Å². The van der Waals surface area contributed by atoms with Crippen LogP contribution in [-0.4, -0.2) is 38.2 Å². The van der Waals surface area contributed by atoms with Crippen molar-refractivity contribution in [1.82, 2.24) is 10.3 Å². The predicted molar refractivity (Wildman–Crippen MR) is 110 cm³/mol. The monoisotopic (exact) mass is 400 g/mol. The number of aromatic nitrogens is 1. The zero-order valence-corrected chi connectivity index (χ0v) is 16.5. The van der Waals surface area contributed by atoms with Gasteiger partial charge in [0.25, 0.3) is 0 Å². The summed E-state index contributed by atoms with van der Waals surface area (Å²) < 4.78 is 26.2. The van der Waals surface area contributed by atoms with E-state index in [1.807, 2.05) is 36.5 Å². The van der Waals surface area contributed by atoms with E-state index in [4.69, 9.17) is 0 Å². The van der Waals surface area contributed by atoms with Crippen molar-refractivity contribution in [3.8, 4) is 0 Å². The molecule has 1 aromatic heterocycles. The fourth-order valence-electron chi connectivity index (χ4n) is 4.06. The number of piperidine rings is 1. The number of aliphatic hydroxyl groups is 1. The maximum Gasteiger partial charge on any atom is 0.123 e. The second kappa shape index (κ2) is 8.15. The van der Waals surface area contributed by atoms with Crippen LogP contribution in [0.2, 0.25) is 0 Å². The van der Waals surface area contributed by atoms with Crippen molar-refractivity contribution in [3.63, 3.8) is 0 Å². The minimum Gasteiger partial charge on any atom is -0.389 e. The average Bonchev–Trinajstić information content (AvgIpc) is 3.09. The summed E-state index contributed by atoms with van der Waals surface area (Å²) in [4.78, 5) is 3.94. The van der Waals surface area contributed by atoms with Crippen molar-refractivity contribution < 1.29 is 13.7 Å². The van der Waals surface area contributed by atoms with Gasteiger partial charge in [-0.05, 0) is 68.1 Å². The van der Waals surface area contributed by atoms with Crippen LogP contribution in [0, 0.1) is 5.82 Å². The number of benzene rings is 2. The Hall–Kier alpha value is -2.02. The Bertz CT molecular complexity index is 975. The maximum absolute atomic E-state index is 13.6. The molecule has 3 unspecified atom stereocenters. The molecule has 3 atom stereocenters. The Morgan fingerprint density at radius 3 is 2.86 bits per heavy atom. The lowest BCUT2D eigenvalue weighted by molar-refractivity contribution is 0.0162. The molecule has 4 rings (SSSR count). The summed E-state index contributed by atoms with van der Waals surface area (Å²) in [5.41, 5.74) is 1.09. The number of aryl methyl sites for hydroxylation is 1. The molecule has 0 spiro atoms. The van der Waals surface area contributed by atoms with Gasteiger partial charge in [0.05, 0.1) is 22.2 Å². The fourth-order valence-corrected chi connectivity index (χ4v) is 5.44. The fraction of sp³-hybridized carbons (Fsp3) is 0.364. The summed E-state index contributed by atoms with van der Waals surface area (Å²) in [6.07, 6.45) is 4.73. The van der Waals surface area contributed by atoms with Crippen LogP contribution in [0.25, 0.3) is 10.9 Å². The smallest absolute Gasteiger partial charge is 0.123 e. The highest BCUT2D eigenvalue weighted by atomic mass is 32.2. The molecule has 0 aliphatic carbocycles. The van der Waals surface area contributed by atoms with E-state index in [0.717, 1.165) is 34.2 Å². The van der Waals surface area contributed by atoms with Gasteiger partial charge in [-0.15, -0.1) is 0 Å². The molecule has 0 bridgehead atoms. The van der Waals surface area contributed by atoms with Gasteiger partial charge in [-0.2, -0.15) is 0 Å². The molecule has 1 aliphatic rings. The van der Waals surface area contributed by atoms with E-state index < -0.39 is 16.4 Å². The van der Waals surface area contributed by atoms with E-state index in [0.29, 0.717) is 19.4 Å². The molecule has 2 heterocycles. The molecule has 3 N–H and O–H groups in total. The van der Waals surface area contributed by atoms with Gasteiger partial charge in [0.2, 0.25) is 0 Å². The average molecular weight is 401 g/mol. The third kappa shape index (κ3) is 4.35. The Morgan fingerprint density at radius 2 is 2.04 bits per heavy atom. The van der Waals surface area contributed by atoms with E-state index in [9.17, 15) is 13.7 Å². The normalized spacial score (nSPS) is 23.7. The highest BCUT2D eigenvalue weighted by Gasteiger charge is 2.35. The number of halogens is 1. The van der Waals surface area contributed by atoms with Crippen LogP contribution in [0.3, 0.4) is 0 Å². The number of hydrogen-bond donors (Lipinski definition) is 3. The van der Waals surface area contributed by atoms with Gasteiger partial charge < -0.3 is 15.4 Å². The third-order valence-corrected chi connectivity index (χ3v) is 7.14. The second-order valence-corrected chi connectivity index (χ2v) is 9.13. The lowest BCUT2D eigenvalue weighted by atomic mass is 9.87. The Labute approximate surface area is 166 Å². The van der Waals surface area contributed by atoms with Crippen LogP contribution < -0.4 is 5.32 Å². The Morgan fingerprint density at radius 1 is 1.21 bits per heavy atom. The number of hydrogen-bond acceptors (Lipinski definition) is 3. The van der Waals surface area contributed by atoms with Gasteiger partial charge in [-0.3, -0.25) is 4.21 Å². The molecule has 28 heavy (non-hydrogen) atoms. The first-order chi connectivity index (χ1) is 13.5. The molecule has 1 fully saturated rings. The van der Waals surface area contributed by atoms with E-state index >= 15 is 0 Å². The van der Waals surface area contributed by atoms with Gasteiger partial charge >= 0.3 is 0 Å². The van der Waals surface area contributed by atoms with E-state index in [1.54, 1.807) is 12.1 Å². The molecular formula is C22H25FN2O2S. The van der Waals surface area contributed by atoms with Gasteiger partial charge in [-0.25, -0.2) is 4.39 Å². The molecule has 3 aromatic rings. The van der Waals surface area contributed by atoms with E-state index in [1.165, 1.54) is 6.07 Å². The molecule has 0 amide bonds. The highest BCUT2D eigenvalue weighted by molar-refractivity contribution is 7.85. The van der Waals surface area contributed by atoms with Crippen LogP contribution in [0.15, 0.2) is 59.6 Å². The number of fused-ring (bicyclic) bond motifs is 1. The molecule has 148 valence electrons. The summed E-state index contributed by atoms with van der Waals surface area (Å²) >= 11 is 0. The molecule has 0 radical (unpaired) electrons. The van der Waals surface area contributed by atoms with Crippen LogP contribution in [-0.2, 0) is 17.2 Å². The largest absolute Gasteiger partial charge is 0.389 e. The van der Waals surface area contributed by atoms with Crippen LogP contribution >= 0.6 is 0 Å². The molecule has 1 aliphatic heterocycles. The summed E-state index contributed by atoms with van der Waals surface area (Å²) in [5.74, 6) is 0.0231.